The van der Waals surface area contributed by atoms with Gasteiger partial charge in [0, 0.05) is 25.9 Å². The molecule has 2 rings (SSSR count). The fourth-order valence-corrected chi connectivity index (χ4v) is 2.27. The molecule has 0 unspecified atom stereocenters. The van der Waals surface area contributed by atoms with E-state index in [4.69, 9.17) is 10.5 Å². The average molecular weight is 234 g/mol. The van der Waals surface area contributed by atoms with Crippen LogP contribution < -0.4 is 10.6 Å². The van der Waals surface area contributed by atoms with Gasteiger partial charge in [0.15, 0.2) is 0 Å². The Kier molecular flexibility index (Phi) is 3.64. The van der Waals surface area contributed by atoms with E-state index in [0.717, 1.165) is 24.3 Å². The molecule has 0 saturated carbocycles. The molecular formula is C13H18N2O2. The Bertz CT molecular complexity index is 412. The Morgan fingerprint density at radius 2 is 2.12 bits per heavy atom. The summed E-state index contributed by atoms with van der Waals surface area (Å²) in [6.45, 7) is 2.51. The molecule has 4 nitrogen and oxygen atoms in total. The van der Waals surface area contributed by atoms with E-state index in [1.807, 2.05) is 18.2 Å². The average Bonchev–Trinajstić information content (AvgIpc) is 2.82. The predicted octanol–water partition coefficient (Wildman–Crippen LogP) is 1.53. The van der Waals surface area contributed by atoms with Crippen LogP contribution in [0.2, 0.25) is 0 Å². The number of primary amides is 1. The Balaban J connectivity index is 2.33. The largest absolute Gasteiger partial charge is 0.380 e. The molecule has 1 aromatic rings. The summed E-state index contributed by atoms with van der Waals surface area (Å²) in [5.41, 5.74) is 7.97. The van der Waals surface area contributed by atoms with Crippen molar-refractivity contribution < 1.29 is 9.53 Å². The normalized spacial score (nSPS) is 15.2. The van der Waals surface area contributed by atoms with Crippen LogP contribution in [0.25, 0.3) is 0 Å². The summed E-state index contributed by atoms with van der Waals surface area (Å²) in [4.78, 5) is 13.7. The highest BCUT2D eigenvalue weighted by Gasteiger charge is 2.18. The van der Waals surface area contributed by atoms with Crippen LogP contribution >= 0.6 is 0 Å². The Hall–Kier alpha value is -1.55. The maximum atomic E-state index is 11.5. The second-order valence-corrected chi connectivity index (χ2v) is 4.34. The van der Waals surface area contributed by atoms with Crippen molar-refractivity contribution in [1.29, 1.82) is 0 Å². The number of nitrogens with zero attached hydrogens (tertiary/aromatic N) is 1. The van der Waals surface area contributed by atoms with Crippen molar-refractivity contribution in [2.75, 3.05) is 25.1 Å². The number of ether oxygens (including phenoxy) is 1. The van der Waals surface area contributed by atoms with Gasteiger partial charge in [-0.2, -0.15) is 0 Å². The predicted molar refractivity (Wildman–Crippen MR) is 67.1 cm³/mol. The second-order valence-electron chi connectivity index (χ2n) is 4.34. The summed E-state index contributed by atoms with van der Waals surface area (Å²) >= 11 is 0. The molecule has 0 aliphatic carbocycles. The number of hydrogen-bond acceptors (Lipinski definition) is 3. The lowest BCUT2D eigenvalue weighted by Gasteiger charge is -2.20. The zero-order chi connectivity index (χ0) is 12.3. The van der Waals surface area contributed by atoms with Crippen LogP contribution in [0, 0.1) is 0 Å². The van der Waals surface area contributed by atoms with Crippen molar-refractivity contribution in [3.05, 3.63) is 29.3 Å². The van der Waals surface area contributed by atoms with Crippen molar-refractivity contribution in [2.24, 2.45) is 5.73 Å². The SMILES string of the molecule is COCc1ccc(N2CCCC2)c(C(N)=O)c1. The Morgan fingerprint density at radius 1 is 1.41 bits per heavy atom. The molecule has 4 heteroatoms. The summed E-state index contributed by atoms with van der Waals surface area (Å²) in [6, 6.07) is 5.79. The van der Waals surface area contributed by atoms with E-state index < -0.39 is 0 Å². The number of carbonyl (C=O) groups excluding carboxylic acids is 1. The summed E-state index contributed by atoms with van der Waals surface area (Å²) in [5, 5.41) is 0. The first-order chi connectivity index (χ1) is 8.22. The number of rotatable bonds is 4. The third-order valence-electron chi connectivity index (χ3n) is 3.08. The van der Waals surface area contributed by atoms with E-state index in [2.05, 4.69) is 4.90 Å². The summed E-state index contributed by atoms with van der Waals surface area (Å²) in [6.07, 6.45) is 2.36. The molecule has 1 aromatic carbocycles. The molecule has 1 fully saturated rings. The van der Waals surface area contributed by atoms with Gasteiger partial charge in [-0.25, -0.2) is 0 Å². The van der Waals surface area contributed by atoms with Crippen LogP contribution in [0.1, 0.15) is 28.8 Å². The van der Waals surface area contributed by atoms with Gasteiger partial charge >= 0.3 is 0 Å². The fraction of sp³-hybridized carbons (Fsp3) is 0.462. The molecule has 1 aliphatic heterocycles. The van der Waals surface area contributed by atoms with Gasteiger partial charge < -0.3 is 15.4 Å². The summed E-state index contributed by atoms with van der Waals surface area (Å²) < 4.78 is 5.06. The molecule has 0 radical (unpaired) electrons. The molecule has 1 aliphatic rings. The van der Waals surface area contributed by atoms with Gasteiger partial charge in [0.2, 0.25) is 0 Å². The number of carbonyl (C=O) groups is 1. The van der Waals surface area contributed by atoms with E-state index in [-0.39, 0.29) is 5.91 Å². The maximum Gasteiger partial charge on any atom is 0.250 e. The van der Waals surface area contributed by atoms with E-state index in [1.54, 1.807) is 7.11 Å². The quantitative estimate of drug-likeness (QED) is 0.859. The van der Waals surface area contributed by atoms with Crippen molar-refractivity contribution >= 4 is 11.6 Å². The molecule has 0 bridgehead atoms. The number of nitrogens with two attached hydrogens (primary N) is 1. The second kappa shape index (κ2) is 5.19. The molecule has 0 aromatic heterocycles. The van der Waals surface area contributed by atoms with Crippen LogP contribution in [0.5, 0.6) is 0 Å². The van der Waals surface area contributed by atoms with Gasteiger partial charge in [0.05, 0.1) is 12.2 Å². The number of hydrogen-bond donors (Lipinski definition) is 1. The molecule has 0 atom stereocenters. The standard InChI is InChI=1S/C13H18N2O2/c1-17-9-10-4-5-12(11(8-10)13(14)16)15-6-2-3-7-15/h4-5,8H,2-3,6-7,9H2,1H3,(H2,14,16). The first-order valence-corrected chi connectivity index (χ1v) is 5.89. The molecular weight excluding hydrogens is 216 g/mol. The Labute approximate surface area is 101 Å². The van der Waals surface area contributed by atoms with Crippen molar-refractivity contribution in [1.82, 2.24) is 0 Å². The van der Waals surface area contributed by atoms with Gasteiger partial charge in [0.25, 0.3) is 5.91 Å². The molecule has 1 heterocycles. The van der Waals surface area contributed by atoms with E-state index >= 15 is 0 Å². The van der Waals surface area contributed by atoms with Crippen LogP contribution in [0.3, 0.4) is 0 Å². The van der Waals surface area contributed by atoms with Crippen molar-refractivity contribution in [3.63, 3.8) is 0 Å². The number of benzene rings is 1. The fourth-order valence-electron chi connectivity index (χ4n) is 2.27. The zero-order valence-corrected chi connectivity index (χ0v) is 10.1. The first-order valence-electron chi connectivity index (χ1n) is 5.89. The number of anilines is 1. The van der Waals surface area contributed by atoms with Gasteiger partial charge in [-0.3, -0.25) is 4.79 Å². The van der Waals surface area contributed by atoms with Crippen LogP contribution in [-0.2, 0) is 11.3 Å². The molecule has 0 spiro atoms. The molecule has 1 amide bonds. The highest BCUT2D eigenvalue weighted by atomic mass is 16.5. The zero-order valence-electron chi connectivity index (χ0n) is 10.1. The summed E-state index contributed by atoms with van der Waals surface area (Å²) in [7, 11) is 1.64. The molecule has 17 heavy (non-hydrogen) atoms. The lowest BCUT2D eigenvalue weighted by atomic mass is 10.1. The van der Waals surface area contributed by atoms with Crippen molar-refractivity contribution in [3.8, 4) is 0 Å². The number of methoxy groups -OCH3 is 1. The summed E-state index contributed by atoms with van der Waals surface area (Å²) in [5.74, 6) is -0.371. The van der Waals surface area contributed by atoms with Crippen molar-refractivity contribution in [2.45, 2.75) is 19.4 Å². The van der Waals surface area contributed by atoms with Crippen LogP contribution in [-0.4, -0.2) is 26.1 Å². The first kappa shape index (κ1) is 11.9. The van der Waals surface area contributed by atoms with Crippen LogP contribution in [0.4, 0.5) is 5.69 Å². The maximum absolute atomic E-state index is 11.5. The molecule has 2 N–H and O–H groups in total. The lowest BCUT2D eigenvalue weighted by molar-refractivity contribution is 0.100. The highest BCUT2D eigenvalue weighted by Crippen LogP contribution is 2.25. The minimum absolute atomic E-state index is 0.371. The Morgan fingerprint density at radius 3 is 2.71 bits per heavy atom. The molecule has 92 valence electrons. The van der Waals surface area contributed by atoms with E-state index in [0.29, 0.717) is 12.2 Å². The lowest BCUT2D eigenvalue weighted by Crippen LogP contribution is -2.23. The van der Waals surface area contributed by atoms with Gasteiger partial charge in [-0.15, -0.1) is 0 Å². The minimum Gasteiger partial charge on any atom is -0.380 e. The van der Waals surface area contributed by atoms with Gasteiger partial charge in [0.1, 0.15) is 0 Å². The van der Waals surface area contributed by atoms with Gasteiger partial charge in [-0.05, 0) is 30.5 Å². The third-order valence-corrected chi connectivity index (χ3v) is 3.08. The third kappa shape index (κ3) is 2.58. The number of amides is 1. The smallest absolute Gasteiger partial charge is 0.250 e. The van der Waals surface area contributed by atoms with Crippen LogP contribution in [0.15, 0.2) is 18.2 Å². The van der Waals surface area contributed by atoms with Gasteiger partial charge in [-0.1, -0.05) is 6.07 Å². The molecule has 1 saturated heterocycles. The highest BCUT2D eigenvalue weighted by molar-refractivity contribution is 5.99. The van der Waals surface area contributed by atoms with E-state index in [1.165, 1.54) is 12.8 Å². The monoisotopic (exact) mass is 234 g/mol. The van der Waals surface area contributed by atoms with E-state index in [9.17, 15) is 4.79 Å². The minimum atomic E-state index is -0.371. The topological polar surface area (TPSA) is 55.6 Å².